The first-order valence-corrected chi connectivity index (χ1v) is 14.4. The van der Waals surface area contributed by atoms with Gasteiger partial charge in [-0.15, -0.1) is 0 Å². The average molecular weight is 371 g/mol. The summed E-state index contributed by atoms with van der Waals surface area (Å²) >= 11 is 0. The molecule has 2 nitrogen and oxygen atoms in total. The van der Waals surface area contributed by atoms with Crippen LogP contribution < -0.4 is 0 Å². The monoisotopic (exact) mass is 370 g/mol. The second-order valence-electron chi connectivity index (χ2n) is 9.18. The van der Waals surface area contributed by atoms with Crippen LogP contribution in [-0.2, 0) is 9.22 Å². The van der Waals surface area contributed by atoms with E-state index in [0.717, 1.165) is 12.3 Å². The Bertz CT molecular complexity index is 322. The Hall–Kier alpha value is -0.313. The van der Waals surface area contributed by atoms with Crippen LogP contribution in [0.2, 0.25) is 19.6 Å². The van der Waals surface area contributed by atoms with Crippen molar-refractivity contribution in [3.05, 3.63) is 0 Å². The van der Waals surface area contributed by atoms with Crippen LogP contribution in [0.3, 0.4) is 0 Å². The lowest BCUT2D eigenvalue weighted by Gasteiger charge is -2.18. The van der Waals surface area contributed by atoms with Gasteiger partial charge >= 0.3 is 0 Å². The van der Waals surface area contributed by atoms with Gasteiger partial charge in [-0.2, -0.15) is 0 Å². The van der Waals surface area contributed by atoms with Gasteiger partial charge < -0.3 is 4.43 Å². The Morgan fingerprint density at radius 1 is 0.760 bits per heavy atom. The highest BCUT2D eigenvalue weighted by Crippen LogP contribution is 2.19. The lowest BCUT2D eigenvalue weighted by atomic mass is 9.96. The van der Waals surface area contributed by atoms with Crippen LogP contribution in [0.1, 0.15) is 104 Å². The van der Waals surface area contributed by atoms with E-state index in [9.17, 15) is 4.79 Å². The summed E-state index contributed by atoms with van der Waals surface area (Å²) in [6, 6.07) is 0. The predicted molar refractivity (Wildman–Crippen MR) is 113 cm³/mol. The maximum Gasteiger partial charge on any atom is 0.292 e. The van der Waals surface area contributed by atoms with Gasteiger partial charge in [0.25, 0.3) is 5.97 Å². The largest absolute Gasteiger partial charge is 0.520 e. The summed E-state index contributed by atoms with van der Waals surface area (Å²) < 4.78 is 5.51. The molecule has 0 aliphatic rings. The Morgan fingerprint density at radius 3 is 1.64 bits per heavy atom. The van der Waals surface area contributed by atoms with Crippen molar-refractivity contribution >= 4 is 14.3 Å². The molecule has 0 aliphatic carbocycles. The summed E-state index contributed by atoms with van der Waals surface area (Å²) in [7, 11) is -1.70. The predicted octanol–water partition coefficient (Wildman–Crippen LogP) is 7.73. The van der Waals surface area contributed by atoms with E-state index in [1.165, 1.54) is 70.6 Å². The molecule has 0 heterocycles. The third kappa shape index (κ3) is 18.3. The molecule has 0 fully saturated rings. The van der Waals surface area contributed by atoms with Crippen molar-refractivity contribution < 1.29 is 9.22 Å². The fourth-order valence-electron chi connectivity index (χ4n) is 3.41. The van der Waals surface area contributed by atoms with E-state index in [1.807, 2.05) is 0 Å². The topological polar surface area (TPSA) is 26.3 Å². The maximum atomic E-state index is 11.8. The summed E-state index contributed by atoms with van der Waals surface area (Å²) in [5.74, 6) is 1.59. The van der Waals surface area contributed by atoms with Crippen molar-refractivity contribution in [2.24, 2.45) is 11.8 Å². The molecule has 0 rings (SSSR count). The molecule has 0 aromatic rings. The zero-order chi connectivity index (χ0) is 19.1. The van der Waals surface area contributed by atoms with Crippen molar-refractivity contribution in [3.63, 3.8) is 0 Å². The average Bonchev–Trinajstić information content (AvgIpc) is 2.50. The molecule has 2 unspecified atom stereocenters. The highest BCUT2D eigenvalue weighted by atomic mass is 28.4. The maximum absolute atomic E-state index is 11.8. The number of carbonyl (C=O) groups excluding carboxylic acids is 1. The number of unbranched alkanes of at least 4 members (excludes halogenated alkanes) is 6. The van der Waals surface area contributed by atoms with E-state index in [1.54, 1.807) is 0 Å². The standard InChI is InChI=1S/C22H46O2Si/c1-7-15-20(2)16-13-11-9-8-10-12-14-17-21(3)18-19-22(23)24-25(4,5)6/h20-21H,7-19H2,1-6H3. The smallest absolute Gasteiger partial charge is 0.292 e. The molecular weight excluding hydrogens is 324 g/mol. The number of hydrogen-bond acceptors (Lipinski definition) is 2. The highest BCUT2D eigenvalue weighted by Gasteiger charge is 2.19. The van der Waals surface area contributed by atoms with Gasteiger partial charge in [-0.05, 0) is 37.9 Å². The molecule has 0 saturated heterocycles. The van der Waals surface area contributed by atoms with E-state index in [0.29, 0.717) is 12.3 Å². The minimum absolute atomic E-state index is 0.0132. The van der Waals surface area contributed by atoms with Crippen LogP contribution in [0.5, 0.6) is 0 Å². The molecule has 3 heteroatoms. The van der Waals surface area contributed by atoms with E-state index in [4.69, 9.17) is 4.43 Å². The molecular formula is C22H46O2Si. The van der Waals surface area contributed by atoms with E-state index in [-0.39, 0.29) is 5.97 Å². The lowest BCUT2D eigenvalue weighted by Crippen LogP contribution is -2.29. The summed E-state index contributed by atoms with van der Waals surface area (Å²) in [6.07, 6.45) is 16.7. The molecule has 0 aliphatic heterocycles. The van der Waals surface area contributed by atoms with E-state index in [2.05, 4.69) is 40.4 Å². The SMILES string of the molecule is CCCC(C)CCCCCCCCCC(C)CCC(=O)O[Si](C)(C)C. The van der Waals surface area contributed by atoms with Crippen LogP contribution in [0, 0.1) is 11.8 Å². The summed E-state index contributed by atoms with van der Waals surface area (Å²) in [6.45, 7) is 13.2. The van der Waals surface area contributed by atoms with Gasteiger partial charge in [0.2, 0.25) is 8.32 Å². The van der Waals surface area contributed by atoms with Crippen LogP contribution >= 0.6 is 0 Å². The van der Waals surface area contributed by atoms with Crippen LogP contribution in [0.15, 0.2) is 0 Å². The molecule has 0 aromatic carbocycles. The Labute approximate surface area is 159 Å². The molecule has 2 atom stereocenters. The van der Waals surface area contributed by atoms with Gasteiger partial charge in [-0.25, -0.2) is 0 Å². The molecule has 0 saturated carbocycles. The quantitative estimate of drug-likeness (QED) is 0.205. The molecule has 0 aromatic heterocycles. The molecule has 0 bridgehead atoms. The van der Waals surface area contributed by atoms with Crippen LogP contribution in [-0.4, -0.2) is 14.3 Å². The molecule has 150 valence electrons. The van der Waals surface area contributed by atoms with Gasteiger partial charge in [0.15, 0.2) is 0 Å². The Kier molecular flexibility index (Phi) is 14.6. The second kappa shape index (κ2) is 14.8. The van der Waals surface area contributed by atoms with Crippen molar-refractivity contribution in [3.8, 4) is 0 Å². The lowest BCUT2D eigenvalue weighted by molar-refractivity contribution is -0.135. The fourth-order valence-corrected chi connectivity index (χ4v) is 4.19. The zero-order valence-corrected chi connectivity index (χ0v) is 19.2. The van der Waals surface area contributed by atoms with Gasteiger partial charge in [-0.1, -0.05) is 91.4 Å². The minimum atomic E-state index is -1.70. The first kappa shape index (κ1) is 24.7. The fraction of sp³-hybridized carbons (Fsp3) is 0.955. The zero-order valence-electron chi connectivity index (χ0n) is 18.2. The van der Waals surface area contributed by atoms with Crippen molar-refractivity contribution in [1.82, 2.24) is 0 Å². The number of hydrogen-bond donors (Lipinski definition) is 0. The van der Waals surface area contributed by atoms with Crippen molar-refractivity contribution in [2.75, 3.05) is 0 Å². The molecule has 0 amide bonds. The second-order valence-corrected chi connectivity index (χ2v) is 13.6. The molecule has 25 heavy (non-hydrogen) atoms. The third-order valence-corrected chi connectivity index (χ3v) is 5.78. The van der Waals surface area contributed by atoms with Gasteiger partial charge in [-0.3, -0.25) is 4.79 Å². The van der Waals surface area contributed by atoms with Crippen molar-refractivity contribution in [1.29, 1.82) is 0 Å². The third-order valence-electron chi connectivity index (χ3n) is 4.94. The summed E-state index contributed by atoms with van der Waals surface area (Å²) in [5.41, 5.74) is 0. The van der Waals surface area contributed by atoms with Crippen molar-refractivity contribution in [2.45, 2.75) is 124 Å². The Morgan fingerprint density at radius 2 is 1.20 bits per heavy atom. The van der Waals surface area contributed by atoms with Gasteiger partial charge in [0.05, 0.1) is 0 Å². The van der Waals surface area contributed by atoms with Crippen LogP contribution in [0.4, 0.5) is 0 Å². The minimum Gasteiger partial charge on any atom is -0.520 e. The number of rotatable bonds is 16. The molecule has 0 N–H and O–H groups in total. The first-order valence-electron chi connectivity index (χ1n) is 11.0. The first-order chi connectivity index (χ1) is 11.7. The molecule has 0 spiro atoms. The molecule has 0 radical (unpaired) electrons. The van der Waals surface area contributed by atoms with Gasteiger partial charge in [0.1, 0.15) is 0 Å². The van der Waals surface area contributed by atoms with Crippen LogP contribution in [0.25, 0.3) is 0 Å². The van der Waals surface area contributed by atoms with Gasteiger partial charge in [0, 0.05) is 6.42 Å². The van der Waals surface area contributed by atoms with E-state index < -0.39 is 8.32 Å². The highest BCUT2D eigenvalue weighted by molar-refractivity contribution is 6.71. The Balaban J connectivity index is 3.40. The number of carbonyl (C=O) groups is 1. The summed E-state index contributed by atoms with van der Waals surface area (Å²) in [5, 5.41) is 0. The van der Waals surface area contributed by atoms with E-state index >= 15 is 0 Å². The summed E-state index contributed by atoms with van der Waals surface area (Å²) in [4.78, 5) is 11.8. The normalized spacial score (nSPS) is 14.3.